The van der Waals surface area contributed by atoms with Gasteiger partial charge in [0, 0.05) is 4.90 Å². The average molecular weight is 317 g/mol. The topological polar surface area (TPSA) is 50.9 Å². The van der Waals surface area contributed by atoms with Crippen LogP contribution in [0.15, 0.2) is 57.8 Å². The van der Waals surface area contributed by atoms with Gasteiger partial charge in [-0.3, -0.25) is 0 Å². The van der Waals surface area contributed by atoms with Crippen LogP contribution in [-0.4, -0.2) is 10.1 Å². The molecule has 0 saturated heterocycles. The lowest BCUT2D eigenvalue weighted by atomic mass is 10.3. The van der Waals surface area contributed by atoms with Crippen LogP contribution >= 0.6 is 35.3 Å². The molecule has 3 nitrogen and oxygen atoms in total. The first-order valence-electron chi connectivity index (χ1n) is 5.91. The van der Waals surface area contributed by atoms with Crippen molar-refractivity contribution in [3.63, 3.8) is 0 Å². The zero-order valence-electron chi connectivity index (χ0n) is 10.4. The van der Waals surface area contributed by atoms with Crippen LogP contribution in [0.3, 0.4) is 0 Å². The first-order valence-corrected chi connectivity index (χ1v) is 7.95. The van der Waals surface area contributed by atoms with Crippen molar-refractivity contribution < 1.29 is 0 Å². The fraction of sp³-hybridized carbons (Fsp3) is 0. The predicted octanol–water partition coefficient (Wildman–Crippen LogP) is 4.10. The number of hydrogen-bond donors (Lipinski definition) is 2. The summed E-state index contributed by atoms with van der Waals surface area (Å²) in [6, 6.07) is 16.0. The zero-order valence-corrected chi connectivity index (χ0v) is 12.8. The van der Waals surface area contributed by atoms with Gasteiger partial charge < -0.3 is 11.1 Å². The minimum atomic E-state index is 0.266. The summed E-state index contributed by atoms with van der Waals surface area (Å²) >= 11 is 8.19. The van der Waals surface area contributed by atoms with Crippen molar-refractivity contribution in [3.05, 3.63) is 48.5 Å². The van der Waals surface area contributed by atoms with Gasteiger partial charge in [0.05, 0.1) is 15.9 Å². The number of benzene rings is 2. The molecule has 1 heterocycles. The Morgan fingerprint density at radius 1 is 1.15 bits per heavy atom. The highest BCUT2D eigenvalue weighted by Crippen LogP contribution is 2.37. The predicted molar refractivity (Wildman–Crippen MR) is 90.6 cm³/mol. The number of nitrogens with two attached hydrogens (primary N) is 1. The molecule has 100 valence electrons. The summed E-state index contributed by atoms with van der Waals surface area (Å²) in [5.74, 6) is 0. The van der Waals surface area contributed by atoms with Gasteiger partial charge in [0.1, 0.15) is 0 Å². The van der Waals surface area contributed by atoms with Crippen molar-refractivity contribution in [1.82, 2.24) is 4.98 Å². The van der Waals surface area contributed by atoms with Crippen LogP contribution in [0.25, 0.3) is 10.2 Å². The molecule has 0 aliphatic carbocycles. The van der Waals surface area contributed by atoms with E-state index < -0.39 is 0 Å². The molecule has 0 radical (unpaired) electrons. The third-order valence-corrected chi connectivity index (χ3v) is 4.89. The maximum absolute atomic E-state index is 5.55. The van der Waals surface area contributed by atoms with Gasteiger partial charge in [0.25, 0.3) is 0 Å². The molecule has 0 amide bonds. The van der Waals surface area contributed by atoms with Crippen LogP contribution in [-0.2, 0) is 0 Å². The number of thiazole rings is 1. The van der Waals surface area contributed by atoms with Gasteiger partial charge in [-0.1, -0.05) is 36.0 Å². The summed E-state index contributed by atoms with van der Waals surface area (Å²) in [6.45, 7) is 0. The lowest BCUT2D eigenvalue weighted by Gasteiger charge is -2.08. The number of fused-ring (bicyclic) bond motifs is 1. The van der Waals surface area contributed by atoms with Crippen molar-refractivity contribution >= 4 is 56.3 Å². The highest BCUT2D eigenvalue weighted by Gasteiger charge is 2.08. The number of rotatable bonds is 3. The lowest BCUT2D eigenvalue weighted by molar-refractivity contribution is 1.29. The van der Waals surface area contributed by atoms with Gasteiger partial charge >= 0.3 is 0 Å². The Hall–Kier alpha value is -1.63. The van der Waals surface area contributed by atoms with Crippen LogP contribution in [0.5, 0.6) is 0 Å². The van der Waals surface area contributed by atoms with E-state index >= 15 is 0 Å². The molecule has 3 aromatic rings. The molecule has 0 atom stereocenters. The van der Waals surface area contributed by atoms with Crippen LogP contribution in [0.4, 0.5) is 5.69 Å². The van der Waals surface area contributed by atoms with Crippen molar-refractivity contribution in [2.24, 2.45) is 5.73 Å². The molecule has 6 heteroatoms. The summed E-state index contributed by atoms with van der Waals surface area (Å²) in [4.78, 5) is 5.67. The number of aromatic nitrogens is 1. The van der Waals surface area contributed by atoms with Gasteiger partial charge in [-0.2, -0.15) is 0 Å². The number of para-hydroxylation sites is 2. The van der Waals surface area contributed by atoms with Gasteiger partial charge in [-0.05, 0) is 36.5 Å². The lowest BCUT2D eigenvalue weighted by Crippen LogP contribution is -2.19. The van der Waals surface area contributed by atoms with Crippen LogP contribution in [0.2, 0.25) is 0 Å². The minimum absolute atomic E-state index is 0.266. The van der Waals surface area contributed by atoms with Crippen molar-refractivity contribution in [1.29, 1.82) is 0 Å². The second kappa shape index (κ2) is 5.78. The molecule has 3 rings (SSSR count). The van der Waals surface area contributed by atoms with Gasteiger partial charge in [-0.15, -0.1) is 11.3 Å². The molecule has 1 aromatic heterocycles. The minimum Gasteiger partial charge on any atom is -0.376 e. The van der Waals surface area contributed by atoms with Crippen LogP contribution in [0.1, 0.15) is 0 Å². The van der Waals surface area contributed by atoms with Crippen molar-refractivity contribution in [3.8, 4) is 0 Å². The molecule has 0 fully saturated rings. The fourth-order valence-corrected chi connectivity index (χ4v) is 4.00. The Morgan fingerprint density at radius 3 is 2.70 bits per heavy atom. The van der Waals surface area contributed by atoms with Gasteiger partial charge in [0.15, 0.2) is 9.45 Å². The largest absolute Gasteiger partial charge is 0.376 e. The molecule has 0 bridgehead atoms. The molecule has 3 N–H and O–H groups in total. The molecule has 0 spiro atoms. The van der Waals surface area contributed by atoms with E-state index in [0.717, 1.165) is 20.4 Å². The molecular weight excluding hydrogens is 306 g/mol. The number of thiocarbonyl (C=S) groups is 1. The van der Waals surface area contributed by atoms with E-state index in [1.54, 1.807) is 23.1 Å². The monoisotopic (exact) mass is 317 g/mol. The first kappa shape index (κ1) is 13.4. The van der Waals surface area contributed by atoms with E-state index in [1.807, 2.05) is 42.5 Å². The van der Waals surface area contributed by atoms with E-state index in [4.69, 9.17) is 18.0 Å². The Bertz CT molecular complexity index is 734. The maximum atomic E-state index is 5.55. The third-order valence-electron chi connectivity index (χ3n) is 2.62. The van der Waals surface area contributed by atoms with E-state index in [2.05, 4.69) is 16.4 Å². The summed E-state index contributed by atoms with van der Waals surface area (Å²) in [6.07, 6.45) is 0. The Balaban J connectivity index is 1.92. The third kappa shape index (κ3) is 2.92. The van der Waals surface area contributed by atoms with Gasteiger partial charge in [-0.25, -0.2) is 4.98 Å². The number of nitrogens with zero attached hydrogens (tertiary/aromatic N) is 1. The van der Waals surface area contributed by atoms with E-state index in [-0.39, 0.29) is 5.11 Å². The average Bonchev–Trinajstić information content (AvgIpc) is 2.82. The van der Waals surface area contributed by atoms with Crippen molar-refractivity contribution in [2.45, 2.75) is 9.24 Å². The summed E-state index contributed by atoms with van der Waals surface area (Å²) < 4.78 is 2.19. The smallest absolute Gasteiger partial charge is 0.168 e. The Labute approximate surface area is 130 Å². The first-order chi connectivity index (χ1) is 9.72. The quantitative estimate of drug-likeness (QED) is 0.712. The number of hydrogen-bond acceptors (Lipinski definition) is 4. The number of anilines is 1. The van der Waals surface area contributed by atoms with Gasteiger partial charge in [0.2, 0.25) is 0 Å². The molecule has 0 unspecified atom stereocenters. The van der Waals surface area contributed by atoms with E-state index in [0.29, 0.717) is 0 Å². The highest BCUT2D eigenvalue weighted by molar-refractivity contribution is 8.01. The zero-order chi connectivity index (χ0) is 13.9. The summed E-state index contributed by atoms with van der Waals surface area (Å²) in [5, 5.41) is 3.26. The molecule has 2 aromatic carbocycles. The maximum Gasteiger partial charge on any atom is 0.168 e. The van der Waals surface area contributed by atoms with Crippen molar-refractivity contribution in [2.75, 3.05) is 5.32 Å². The summed E-state index contributed by atoms with van der Waals surface area (Å²) in [7, 11) is 0. The van der Waals surface area contributed by atoms with Crippen LogP contribution < -0.4 is 11.1 Å². The second-order valence-corrected chi connectivity index (χ2v) is 6.79. The molecule has 0 saturated carbocycles. The standard InChI is InChI=1S/C14H11N3S3/c15-13(18)16-9-5-1-3-7-11(9)19-14-17-10-6-2-4-8-12(10)20-14/h1-8H,(H3,15,16,18). The summed E-state index contributed by atoms with van der Waals surface area (Å²) in [5.41, 5.74) is 7.48. The van der Waals surface area contributed by atoms with E-state index in [1.165, 1.54) is 4.70 Å². The molecule has 0 aliphatic heterocycles. The SMILES string of the molecule is NC(=S)Nc1ccccc1Sc1nc2ccccc2s1. The van der Waals surface area contributed by atoms with E-state index in [9.17, 15) is 0 Å². The molecular formula is C14H11N3S3. The second-order valence-electron chi connectivity index (χ2n) is 4.03. The molecule has 0 aliphatic rings. The van der Waals surface area contributed by atoms with Crippen LogP contribution in [0, 0.1) is 0 Å². The number of nitrogens with one attached hydrogen (secondary N) is 1. The molecule has 20 heavy (non-hydrogen) atoms. The fourth-order valence-electron chi connectivity index (χ4n) is 1.78. The highest BCUT2D eigenvalue weighted by atomic mass is 32.2. The Morgan fingerprint density at radius 2 is 1.90 bits per heavy atom. The Kier molecular flexibility index (Phi) is 3.86. The normalized spacial score (nSPS) is 10.6.